The molecule has 0 saturated carbocycles. The zero-order valence-corrected chi connectivity index (χ0v) is 11.4. The van der Waals surface area contributed by atoms with E-state index >= 15 is 0 Å². The molecule has 1 aromatic heterocycles. The van der Waals surface area contributed by atoms with E-state index in [1.807, 2.05) is 0 Å². The van der Waals surface area contributed by atoms with E-state index in [2.05, 4.69) is 56.0 Å². The molecule has 68 valence electrons. The highest BCUT2D eigenvalue weighted by atomic mass is 127. The lowest BCUT2D eigenvalue weighted by Crippen LogP contribution is -1.86. The van der Waals surface area contributed by atoms with Crippen LogP contribution in [-0.4, -0.2) is 7.11 Å². The summed E-state index contributed by atoms with van der Waals surface area (Å²) in [5.74, 6) is 0.942. The number of thiophene rings is 1. The van der Waals surface area contributed by atoms with Crippen LogP contribution in [-0.2, 0) is 0 Å². The topological polar surface area (TPSA) is 9.23 Å². The molecule has 0 unspecified atom stereocenters. The smallest absolute Gasteiger partial charge is 0.151 e. The number of hydrogen-bond donors (Lipinski definition) is 0. The Morgan fingerprint density at radius 1 is 1.54 bits per heavy atom. The molecular formula is C9H6BrIOS. The van der Waals surface area contributed by atoms with Gasteiger partial charge in [-0.2, -0.15) is 0 Å². The number of halogens is 2. The van der Waals surface area contributed by atoms with Gasteiger partial charge in [-0.25, -0.2) is 0 Å². The lowest BCUT2D eigenvalue weighted by molar-refractivity contribution is 0.417. The van der Waals surface area contributed by atoms with Crippen LogP contribution in [0.3, 0.4) is 0 Å². The van der Waals surface area contributed by atoms with Crippen LogP contribution in [0.4, 0.5) is 0 Å². The quantitative estimate of drug-likeness (QED) is 0.683. The average molecular weight is 369 g/mol. The lowest BCUT2D eigenvalue weighted by Gasteiger charge is -2.06. The third-order valence-electron chi connectivity index (χ3n) is 1.80. The molecule has 2 aromatic rings. The van der Waals surface area contributed by atoms with Crippen LogP contribution in [0.15, 0.2) is 22.0 Å². The number of hydrogen-bond acceptors (Lipinski definition) is 2. The minimum Gasteiger partial charge on any atom is -0.494 e. The van der Waals surface area contributed by atoms with Crippen molar-refractivity contribution in [1.82, 2.24) is 0 Å². The van der Waals surface area contributed by atoms with Crippen molar-refractivity contribution in [1.29, 1.82) is 0 Å². The molecule has 0 radical (unpaired) electrons. The van der Waals surface area contributed by atoms with Crippen molar-refractivity contribution in [3.63, 3.8) is 0 Å². The molecular weight excluding hydrogens is 363 g/mol. The van der Waals surface area contributed by atoms with Crippen LogP contribution < -0.4 is 4.74 Å². The van der Waals surface area contributed by atoms with Gasteiger partial charge in [-0.05, 0) is 61.4 Å². The van der Waals surface area contributed by atoms with Gasteiger partial charge in [0.15, 0.2) is 5.75 Å². The summed E-state index contributed by atoms with van der Waals surface area (Å²) in [5.41, 5.74) is 0. The van der Waals surface area contributed by atoms with Crippen molar-refractivity contribution in [2.45, 2.75) is 0 Å². The van der Waals surface area contributed by atoms with Gasteiger partial charge in [-0.15, -0.1) is 11.3 Å². The normalized spacial score (nSPS) is 10.7. The predicted molar refractivity (Wildman–Crippen MR) is 68.8 cm³/mol. The van der Waals surface area contributed by atoms with Crippen molar-refractivity contribution in [3.05, 3.63) is 25.6 Å². The summed E-state index contributed by atoms with van der Waals surface area (Å²) >= 11 is 7.52. The number of rotatable bonds is 1. The minimum atomic E-state index is 0.942. The first kappa shape index (κ1) is 9.73. The first-order valence-electron chi connectivity index (χ1n) is 3.63. The summed E-state index contributed by atoms with van der Waals surface area (Å²) in [6, 6.07) is 4.26. The minimum absolute atomic E-state index is 0.942. The van der Waals surface area contributed by atoms with Gasteiger partial charge >= 0.3 is 0 Å². The number of benzene rings is 1. The van der Waals surface area contributed by atoms with E-state index in [9.17, 15) is 0 Å². The van der Waals surface area contributed by atoms with Gasteiger partial charge in [0, 0.05) is 3.57 Å². The molecule has 1 nitrogen and oxygen atoms in total. The first-order valence-corrected chi connectivity index (χ1v) is 6.38. The van der Waals surface area contributed by atoms with E-state index in [1.54, 1.807) is 18.4 Å². The number of fused-ring (bicyclic) bond motifs is 1. The average Bonchev–Trinajstić information content (AvgIpc) is 2.54. The van der Waals surface area contributed by atoms with Gasteiger partial charge in [-0.3, -0.25) is 0 Å². The summed E-state index contributed by atoms with van der Waals surface area (Å²) in [6.07, 6.45) is 0. The molecule has 0 atom stereocenters. The molecule has 0 spiro atoms. The van der Waals surface area contributed by atoms with E-state index in [1.165, 1.54) is 13.7 Å². The highest BCUT2D eigenvalue weighted by Crippen LogP contribution is 2.39. The van der Waals surface area contributed by atoms with Gasteiger partial charge in [0.25, 0.3) is 0 Å². The summed E-state index contributed by atoms with van der Waals surface area (Å²) in [6.45, 7) is 0. The third-order valence-corrected chi connectivity index (χ3v) is 5.11. The maximum Gasteiger partial charge on any atom is 0.151 e. The molecule has 0 aliphatic carbocycles. The summed E-state index contributed by atoms with van der Waals surface area (Å²) in [4.78, 5) is 0. The van der Waals surface area contributed by atoms with Gasteiger partial charge in [0.2, 0.25) is 0 Å². The van der Waals surface area contributed by atoms with Crippen LogP contribution in [0, 0.1) is 3.57 Å². The van der Waals surface area contributed by atoms with Crippen molar-refractivity contribution < 1.29 is 4.74 Å². The van der Waals surface area contributed by atoms with Crippen LogP contribution >= 0.6 is 49.9 Å². The Labute approximate surface area is 102 Å². The fraction of sp³-hybridized carbons (Fsp3) is 0.111. The second-order valence-corrected chi connectivity index (χ2v) is 5.42. The molecule has 1 aromatic carbocycles. The molecule has 0 bridgehead atoms. The summed E-state index contributed by atoms with van der Waals surface area (Å²) < 4.78 is 8.79. The van der Waals surface area contributed by atoms with E-state index in [4.69, 9.17) is 4.74 Å². The highest BCUT2D eigenvalue weighted by molar-refractivity contribution is 14.1. The second kappa shape index (κ2) is 3.74. The van der Waals surface area contributed by atoms with Crippen molar-refractivity contribution in [3.8, 4) is 5.75 Å². The van der Waals surface area contributed by atoms with Gasteiger partial charge in [0.05, 0.1) is 16.3 Å². The lowest BCUT2D eigenvalue weighted by atomic mass is 10.2. The molecule has 0 saturated heterocycles. The van der Waals surface area contributed by atoms with Crippen LogP contribution in [0.25, 0.3) is 10.1 Å². The molecule has 1 heterocycles. The SMILES string of the molecule is COc1c(Br)c(I)cc2ccsc12. The maximum absolute atomic E-state index is 5.36. The van der Waals surface area contributed by atoms with E-state index in [0.717, 1.165) is 10.2 Å². The maximum atomic E-state index is 5.36. The molecule has 0 fully saturated rings. The van der Waals surface area contributed by atoms with E-state index < -0.39 is 0 Å². The van der Waals surface area contributed by atoms with Crippen LogP contribution in [0.1, 0.15) is 0 Å². The Bertz CT molecular complexity index is 452. The molecule has 13 heavy (non-hydrogen) atoms. The Balaban J connectivity index is 2.87. The number of methoxy groups -OCH3 is 1. The molecule has 2 rings (SSSR count). The van der Waals surface area contributed by atoms with E-state index in [0.29, 0.717) is 0 Å². The molecule has 0 aliphatic rings. The third kappa shape index (κ3) is 1.59. The molecule has 0 aliphatic heterocycles. The van der Waals surface area contributed by atoms with Crippen LogP contribution in [0.2, 0.25) is 0 Å². The van der Waals surface area contributed by atoms with Gasteiger partial charge < -0.3 is 4.74 Å². The van der Waals surface area contributed by atoms with E-state index in [-0.39, 0.29) is 0 Å². The zero-order valence-electron chi connectivity index (χ0n) is 6.80. The summed E-state index contributed by atoms with van der Waals surface area (Å²) in [7, 11) is 1.70. The Kier molecular flexibility index (Phi) is 2.80. The number of ether oxygens (including phenoxy) is 1. The Morgan fingerprint density at radius 3 is 3.00 bits per heavy atom. The van der Waals surface area contributed by atoms with Crippen molar-refractivity contribution in [2.75, 3.05) is 7.11 Å². The highest BCUT2D eigenvalue weighted by Gasteiger charge is 2.10. The van der Waals surface area contributed by atoms with Gasteiger partial charge in [-0.1, -0.05) is 0 Å². The van der Waals surface area contributed by atoms with Crippen molar-refractivity contribution in [2.24, 2.45) is 0 Å². The Hall–Kier alpha value is 0.190. The largest absolute Gasteiger partial charge is 0.494 e. The molecule has 0 amide bonds. The first-order chi connectivity index (χ1) is 6.24. The fourth-order valence-corrected chi connectivity index (χ4v) is 3.30. The van der Waals surface area contributed by atoms with Gasteiger partial charge in [0.1, 0.15) is 0 Å². The second-order valence-electron chi connectivity index (χ2n) is 2.54. The van der Waals surface area contributed by atoms with Crippen LogP contribution in [0.5, 0.6) is 5.75 Å². The Morgan fingerprint density at radius 2 is 2.31 bits per heavy atom. The predicted octanol–water partition coefficient (Wildman–Crippen LogP) is 4.28. The zero-order chi connectivity index (χ0) is 9.42. The monoisotopic (exact) mass is 368 g/mol. The molecule has 4 heteroatoms. The van der Waals surface area contributed by atoms with Crippen molar-refractivity contribution >= 4 is 59.9 Å². The summed E-state index contributed by atoms with van der Waals surface area (Å²) in [5, 5.41) is 3.32. The fourth-order valence-electron chi connectivity index (χ4n) is 1.21. The standard InChI is InChI=1S/C9H6BrIOS/c1-12-8-7(10)6(11)4-5-2-3-13-9(5)8/h2-4H,1H3. The molecule has 0 N–H and O–H groups in total.